The molecule has 4 nitrogen and oxygen atoms in total. The summed E-state index contributed by atoms with van der Waals surface area (Å²) in [7, 11) is 0. The van der Waals surface area contributed by atoms with Gasteiger partial charge in [-0.15, -0.1) is 0 Å². The first kappa shape index (κ1) is 18.4. The third kappa shape index (κ3) is 5.01. The van der Waals surface area contributed by atoms with Gasteiger partial charge in [0.25, 0.3) is 0 Å². The van der Waals surface area contributed by atoms with Crippen LogP contribution in [0.2, 0.25) is 0 Å². The van der Waals surface area contributed by atoms with Gasteiger partial charge in [-0.05, 0) is 37.8 Å². The van der Waals surface area contributed by atoms with Gasteiger partial charge < -0.3 is 10.0 Å². The Labute approximate surface area is 140 Å². The van der Waals surface area contributed by atoms with Crippen LogP contribution in [0.4, 0.5) is 8.78 Å². The molecule has 1 fully saturated rings. The molecule has 0 bridgehead atoms. The van der Waals surface area contributed by atoms with Gasteiger partial charge in [0, 0.05) is 24.4 Å². The second-order valence-corrected chi connectivity index (χ2v) is 6.26. The standard InChI is InChI=1S/C18H23F2NO3/c19-15-8-5-9-16(20)14(15)12-21(13-6-1-2-7-13)17(22)10-3-4-11-18(23)24/h5,8-9,13H,1-4,6-7,10-12H2,(H,23,24). The Hall–Kier alpha value is -1.98. The fourth-order valence-corrected chi connectivity index (χ4v) is 3.19. The van der Waals surface area contributed by atoms with Crippen molar-refractivity contribution >= 4 is 11.9 Å². The Morgan fingerprint density at radius 3 is 2.25 bits per heavy atom. The lowest BCUT2D eigenvalue weighted by Crippen LogP contribution is -2.38. The summed E-state index contributed by atoms with van der Waals surface area (Å²) in [5.41, 5.74) is -0.0803. The number of carbonyl (C=O) groups is 2. The third-order valence-corrected chi connectivity index (χ3v) is 4.51. The molecule has 0 radical (unpaired) electrons. The van der Waals surface area contributed by atoms with Crippen molar-refractivity contribution in [2.45, 2.75) is 64.0 Å². The van der Waals surface area contributed by atoms with Crippen LogP contribution in [0.25, 0.3) is 0 Å². The van der Waals surface area contributed by atoms with Crippen molar-refractivity contribution in [3.8, 4) is 0 Å². The molecule has 0 saturated heterocycles. The van der Waals surface area contributed by atoms with E-state index >= 15 is 0 Å². The maximum Gasteiger partial charge on any atom is 0.303 e. The number of amides is 1. The molecule has 0 aliphatic heterocycles. The maximum absolute atomic E-state index is 13.9. The second-order valence-electron chi connectivity index (χ2n) is 6.26. The predicted molar refractivity (Wildman–Crippen MR) is 85.3 cm³/mol. The lowest BCUT2D eigenvalue weighted by molar-refractivity contribution is -0.138. The van der Waals surface area contributed by atoms with Crippen LogP contribution in [0.15, 0.2) is 18.2 Å². The zero-order valence-corrected chi connectivity index (χ0v) is 13.6. The van der Waals surface area contributed by atoms with Crippen molar-refractivity contribution < 1.29 is 23.5 Å². The number of unbranched alkanes of at least 4 members (excludes halogenated alkanes) is 1. The highest BCUT2D eigenvalue weighted by atomic mass is 19.1. The quantitative estimate of drug-likeness (QED) is 0.731. The predicted octanol–water partition coefficient (Wildman–Crippen LogP) is 3.88. The minimum absolute atomic E-state index is 0.0102. The zero-order valence-electron chi connectivity index (χ0n) is 13.6. The van der Waals surface area contributed by atoms with E-state index in [1.54, 1.807) is 4.90 Å². The lowest BCUT2D eigenvalue weighted by atomic mass is 10.1. The number of aliphatic carboxylic acids is 1. The fraction of sp³-hybridized carbons (Fsp3) is 0.556. The van der Waals surface area contributed by atoms with Gasteiger partial charge in [0.05, 0.1) is 6.54 Å². The molecule has 1 N–H and O–H groups in total. The van der Waals surface area contributed by atoms with Crippen molar-refractivity contribution in [2.24, 2.45) is 0 Å². The molecule has 2 rings (SSSR count). The van der Waals surface area contributed by atoms with Crippen LogP contribution >= 0.6 is 0 Å². The highest BCUT2D eigenvalue weighted by Gasteiger charge is 2.28. The third-order valence-electron chi connectivity index (χ3n) is 4.51. The molecular weight excluding hydrogens is 316 g/mol. The summed E-state index contributed by atoms with van der Waals surface area (Å²) in [6, 6.07) is 3.71. The van der Waals surface area contributed by atoms with E-state index in [0.29, 0.717) is 12.8 Å². The van der Waals surface area contributed by atoms with Gasteiger partial charge in [-0.2, -0.15) is 0 Å². The van der Waals surface area contributed by atoms with E-state index in [2.05, 4.69) is 0 Å². The largest absolute Gasteiger partial charge is 0.481 e. The molecular formula is C18H23F2NO3. The summed E-state index contributed by atoms with van der Waals surface area (Å²) in [4.78, 5) is 24.6. The van der Waals surface area contributed by atoms with Crippen molar-refractivity contribution in [1.29, 1.82) is 0 Å². The van der Waals surface area contributed by atoms with E-state index < -0.39 is 17.6 Å². The number of carboxylic acid groups (broad SMARTS) is 1. The molecule has 6 heteroatoms. The number of benzene rings is 1. The van der Waals surface area contributed by atoms with Gasteiger partial charge in [0.1, 0.15) is 11.6 Å². The summed E-state index contributed by atoms with van der Waals surface area (Å²) >= 11 is 0. The van der Waals surface area contributed by atoms with Gasteiger partial charge in [-0.1, -0.05) is 18.9 Å². The summed E-state index contributed by atoms with van der Waals surface area (Å²) in [6.45, 7) is -0.0685. The highest BCUT2D eigenvalue weighted by molar-refractivity contribution is 5.76. The normalized spacial score (nSPS) is 14.8. The molecule has 1 aliphatic carbocycles. The van der Waals surface area contributed by atoms with Crippen molar-refractivity contribution in [2.75, 3.05) is 0 Å². The summed E-state index contributed by atoms with van der Waals surface area (Å²) in [5.74, 6) is -2.33. The number of nitrogens with zero attached hydrogens (tertiary/aromatic N) is 1. The Balaban J connectivity index is 2.04. The maximum atomic E-state index is 13.9. The number of carboxylic acids is 1. The van der Waals surface area contributed by atoms with Gasteiger partial charge in [-0.25, -0.2) is 8.78 Å². The van der Waals surface area contributed by atoms with Gasteiger partial charge >= 0.3 is 5.97 Å². The molecule has 0 heterocycles. The number of carbonyl (C=O) groups excluding carboxylic acids is 1. The fourth-order valence-electron chi connectivity index (χ4n) is 3.19. The van der Waals surface area contributed by atoms with Crippen LogP contribution in [0.5, 0.6) is 0 Å². The van der Waals surface area contributed by atoms with Crippen LogP contribution < -0.4 is 0 Å². The van der Waals surface area contributed by atoms with Crippen LogP contribution in [-0.2, 0) is 16.1 Å². The Bertz CT molecular complexity index is 565. The van der Waals surface area contributed by atoms with Crippen molar-refractivity contribution in [3.05, 3.63) is 35.4 Å². The molecule has 132 valence electrons. The SMILES string of the molecule is O=C(O)CCCCC(=O)N(Cc1c(F)cccc1F)C1CCCC1. The number of hydrogen-bond donors (Lipinski definition) is 1. The van der Waals surface area contributed by atoms with E-state index in [0.717, 1.165) is 25.7 Å². The molecule has 0 unspecified atom stereocenters. The van der Waals surface area contributed by atoms with E-state index in [9.17, 15) is 18.4 Å². The monoisotopic (exact) mass is 339 g/mol. The molecule has 1 aromatic rings. The molecule has 0 spiro atoms. The minimum atomic E-state index is -0.886. The molecule has 1 amide bonds. The molecule has 24 heavy (non-hydrogen) atoms. The lowest BCUT2D eigenvalue weighted by Gasteiger charge is -2.29. The van der Waals surface area contributed by atoms with Crippen molar-refractivity contribution in [1.82, 2.24) is 4.90 Å². The van der Waals surface area contributed by atoms with Crippen molar-refractivity contribution in [3.63, 3.8) is 0 Å². The van der Waals surface area contributed by atoms with E-state index in [1.807, 2.05) is 0 Å². The molecule has 1 aromatic carbocycles. The van der Waals surface area contributed by atoms with Crippen LogP contribution in [0, 0.1) is 11.6 Å². The average molecular weight is 339 g/mol. The van der Waals surface area contributed by atoms with Gasteiger partial charge in [0.15, 0.2) is 0 Å². The first-order valence-electron chi connectivity index (χ1n) is 8.43. The Morgan fingerprint density at radius 2 is 1.67 bits per heavy atom. The smallest absolute Gasteiger partial charge is 0.303 e. The molecule has 1 saturated carbocycles. The number of halogens is 2. The van der Waals surface area contributed by atoms with Crippen LogP contribution in [0.1, 0.15) is 56.9 Å². The van der Waals surface area contributed by atoms with Crippen LogP contribution in [-0.4, -0.2) is 27.9 Å². The van der Waals surface area contributed by atoms with E-state index in [-0.39, 0.29) is 36.9 Å². The molecule has 0 atom stereocenters. The highest BCUT2D eigenvalue weighted by Crippen LogP contribution is 2.27. The Kier molecular flexibility index (Phi) is 6.70. The topological polar surface area (TPSA) is 57.6 Å². The van der Waals surface area contributed by atoms with E-state index in [4.69, 9.17) is 5.11 Å². The number of hydrogen-bond acceptors (Lipinski definition) is 2. The summed E-state index contributed by atoms with van der Waals surface area (Å²) < 4.78 is 27.8. The summed E-state index contributed by atoms with van der Waals surface area (Å²) in [5, 5.41) is 8.64. The average Bonchev–Trinajstić information content (AvgIpc) is 3.05. The first-order chi connectivity index (χ1) is 11.5. The first-order valence-corrected chi connectivity index (χ1v) is 8.43. The number of rotatable bonds is 8. The second kappa shape index (κ2) is 8.76. The Morgan fingerprint density at radius 1 is 1.08 bits per heavy atom. The zero-order chi connectivity index (χ0) is 17.5. The minimum Gasteiger partial charge on any atom is -0.481 e. The van der Waals surface area contributed by atoms with Gasteiger partial charge in [-0.3, -0.25) is 9.59 Å². The van der Waals surface area contributed by atoms with E-state index in [1.165, 1.54) is 18.2 Å². The van der Waals surface area contributed by atoms with Crippen LogP contribution in [0.3, 0.4) is 0 Å². The molecule has 0 aromatic heterocycles. The van der Waals surface area contributed by atoms with Gasteiger partial charge in [0.2, 0.25) is 5.91 Å². The molecule has 1 aliphatic rings. The summed E-state index contributed by atoms with van der Waals surface area (Å²) in [6.07, 6.45) is 4.83.